The molecule has 2 aliphatic rings. The van der Waals surface area contributed by atoms with Crippen molar-refractivity contribution in [2.45, 2.75) is 38.0 Å². The number of hydrogen-bond donors (Lipinski definition) is 0. The molecule has 0 aromatic heterocycles. The summed E-state index contributed by atoms with van der Waals surface area (Å²) in [5, 5.41) is 21.7. The van der Waals surface area contributed by atoms with E-state index in [0.29, 0.717) is 38.3 Å². The third-order valence-corrected chi connectivity index (χ3v) is 5.89. The van der Waals surface area contributed by atoms with Crippen LogP contribution >= 0.6 is 0 Å². The van der Waals surface area contributed by atoms with Gasteiger partial charge in [-0.15, -0.1) is 0 Å². The van der Waals surface area contributed by atoms with Crippen LogP contribution in [0.2, 0.25) is 0 Å². The van der Waals surface area contributed by atoms with E-state index >= 15 is 0 Å². The van der Waals surface area contributed by atoms with Gasteiger partial charge < -0.3 is 9.80 Å². The molecule has 2 aliphatic heterocycles. The second kappa shape index (κ2) is 10.6. The fraction of sp³-hybridized carbons (Fsp3) is 0.455. The number of rotatable bonds is 4. The Bertz CT molecular complexity index is 1020. The van der Waals surface area contributed by atoms with Crippen LogP contribution in [0.5, 0.6) is 0 Å². The minimum Gasteiger partial charge on any atom is -0.366 e. The summed E-state index contributed by atoms with van der Waals surface area (Å²) in [4.78, 5) is 23.7. The van der Waals surface area contributed by atoms with Crippen LogP contribution in [-0.4, -0.2) is 36.0 Å². The summed E-state index contributed by atoms with van der Waals surface area (Å²) in [5.74, 6) is 0. The predicted molar refractivity (Wildman–Crippen MR) is 119 cm³/mol. The Labute approximate surface area is 201 Å². The van der Waals surface area contributed by atoms with Crippen molar-refractivity contribution in [1.82, 2.24) is 0 Å². The van der Waals surface area contributed by atoms with Crippen molar-refractivity contribution in [1.29, 1.82) is 0 Å². The first kappa shape index (κ1) is 27.0. The molecular weight excluding hydrogens is 498 g/mol. The van der Waals surface area contributed by atoms with Gasteiger partial charge in [0.05, 0.1) is 21.0 Å². The summed E-state index contributed by atoms with van der Waals surface area (Å²) in [7, 11) is 0. The Kier molecular flexibility index (Phi) is 7.94. The zero-order chi connectivity index (χ0) is 26.7. The first-order valence-corrected chi connectivity index (χ1v) is 11.0. The van der Waals surface area contributed by atoms with Gasteiger partial charge in [-0.2, -0.15) is 26.3 Å². The van der Waals surface area contributed by atoms with Crippen LogP contribution in [0.15, 0.2) is 36.4 Å². The molecule has 0 atom stereocenters. The second-order valence-electron chi connectivity index (χ2n) is 8.31. The van der Waals surface area contributed by atoms with Gasteiger partial charge >= 0.3 is 12.4 Å². The summed E-state index contributed by atoms with van der Waals surface area (Å²) in [5.41, 5.74) is -2.40. The Morgan fingerprint density at radius 1 is 0.611 bits per heavy atom. The smallest absolute Gasteiger partial charge is 0.366 e. The molecule has 0 amide bonds. The molecule has 196 valence electrons. The summed E-state index contributed by atoms with van der Waals surface area (Å²) in [6.07, 6.45) is -5.52. The standard InChI is InChI=1S/2C11H11F3N2O2/c2*12-11(13,14)8-3-4-9(10(7-8)16(17)18)15-5-1-2-6-15/h2*3-4,7H,1-2,5-6H2. The van der Waals surface area contributed by atoms with E-state index < -0.39 is 44.7 Å². The normalized spacial score (nSPS) is 16.1. The van der Waals surface area contributed by atoms with Gasteiger partial charge in [0.25, 0.3) is 11.4 Å². The molecule has 0 bridgehead atoms. The van der Waals surface area contributed by atoms with Crippen LogP contribution in [-0.2, 0) is 12.4 Å². The largest absolute Gasteiger partial charge is 0.416 e. The van der Waals surface area contributed by atoms with E-state index in [4.69, 9.17) is 0 Å². The topological polar surface area (TPSA) is 92.8 Å². The first-order valence-electron chi connectivity index (χ1n) is 11.0. The molecule has 2 saturated heterocycles. The fourth-order valence-electron chi connectivity index (χ4n) is 4.14. The number of nitro groups is 2. The first-order chi connectivity index (χ1) is 16.8. The molecule has 2 fully saturated rings. The summed E-state index contributed by atoms with van der Waals surface area (Å²) >= 11 is 0. The van der Waals surface area contributed by atoms with Crippen molar-refractivity contribution in [2.24, 2.45) is 0 Å². The number of nitro benzene ring substituents is 2. The minimum atomic E-state index is -4.56. The maximum atomic E-state index is 12.5. The molecule has 2 heterocycles. The summed E-state index contributed by atoms with van der Waals surface area (Å²) in [6, 6.07) is 5.36. The number of hydrogen-bond acceptors (Lipinski definition) is 6. The van der Waals surface area contributed by atoms with Crippen molar-refractivity contribution < 1.29 is 36.2 Å². The van der Waals surface area contributed by atoms with Crippen LogP contribution in [0, 0.1) is 20.2 Å². The highest BCUT2D eigenvalue weighted by molar-refractivity contribution is 5.66. The van der Waals surface area contributed by atoms with Crippen LogP contribution in [0.1, 0.15) is 36.8 Å². The SMILES string of the molecule is O=[N+]([O-])c1cc(C(F)(F)F)ccc1N1CCCC1.O=[N+]([O-])c1cc(C(F)(F)F)ccc1N1CCCC1. The van der Waals surface area contributed by atoms with Gasteiger partial charge in [-0.3, -0.25) is 20.2 Å². The lowest BCUT2D eigenvalue weighted by Gasteiger charge is -2.18. The molecule has 4 rings (SSSR count). The van der Waals surface area contributed by atoms with E-state index in [1.54, 1.807) is 9.80 Å². The molecule has 2 aromatic rings. The molecule has 0 saturated carbocycles. The third kappa shape index (κ3) is 6.34. The average Bonchev–Trinajstić information content (AvgIpc) is 3.52. The number of nitrogens with zero attached hydrogens (tertiary/aromatic N) is 4. The third-order valence-electron chi connectivity index (χ3n) is 5.89. The van der Waals surface area contributed by atoms with Gasteiger partial charge in [0.2, 0.25) is 0 Å². The fourth-order valence-corrected chi connectivity index (χ4v) is 4.14. The number of halogens is 6. The van der Waals surface area contributed by atoms with Gasteiger partial charge in [0, 0.05) is 38.3 Å². The molecule has 8 nitrogen and oxygen atoms in total. The van der Waals surface area contributed by atoms with Crippen molar-refractivity contribution >= 4 is 22.7 Å². The lowest BCUT2D eigenvalue weighted by molar-refractivity contribution is -0.384. The van der Waals surface area contributed by atoms with E-state index in [-0.39, 0.29) is 11.4 Å². The van der Waals surface area contributed by atoms with E-state index in [9.17, 15) is 46.6 Å². The van der Waals surface area contributed by atoms with E-state index in [1.807, 2.05) is 0 Å². The zero-order valence-electron chi connectivity index (χ0n) is 18.8. The minimum absolute atomic E-state index is 0.269. The van der Waals surface area contributed by atoms with E-state index in [0.717, 1.165) is 37.8 Å². The Morgan fingerprint density at radius 2 is 0.917 bits per heavy atom. The number of benzene rings is 2. The molecule has 0 aliphatic carbocycles. The highest BCUT2D eigenvalue weighted by Crippen LogP contribution is 2.38. The van der Waals surface area contributed by atoms with Gasteiger partial charge in [-0.25, -0.2) is 0 Å². The van der Waals surface area contributed by atoms with Gasteiger partial charge in [-0.1, -0.05) is 0 Å². The Morgan fingerprint density at radius 3 is 1.17 bits per heavy atom. The van der Waals surface area contributed by atoms with Gasteiger partial charge in [0.15, 0.2) is 0 Å². The summed E-state index contributed by atoms with van der Waals surface area (Å²) < 4.78 is 75.0. The van der Waals surface area contributed by atoms with Crippen LogP contribution in [0.4, 0.5) is 49.1 Å². The Hall–Kier alpha value is -3.58. The molecule has 36 heavy (non-hydrogen) atoms. The lowest BCUT2D eigenvalue weighted by Crippen LogP contribution is -2.19. The molecule has 0 unspecified atom stereocenters. The number of anilines is 2. The number of alkyl halides is 6. The average molecular weight is 520 g/mol. The quantitative estimate of drug-likeness (QED) is 0.262. The van der Waals surface area contributed by atoms with Crippen molar-refractivity contribution in [2.75, 3.05) is 36.0 Å². The highest BCUT2D eigenvalue weighted by Gasteiger charge is 2.35. The predicted octanol–water partition coefficient (Wildman–Crippen LogP) is 6.43. The monoisotopic (exact) mass is 520 g/mol. The Balaban J connectivity index is 0.000000201. The molecule has 0 N–H and O–H groups in total. The van der Waals surface area contributed by atoms with Crippen molar-refractivity contribution in [3.8, 4) is 0 Å². The molecule has 0 spiro atoms. The van der Waals surface area contributed by atoms with Crippen molar-refractivity contribution in [3.05, 3.63) is 67.8 Å². The highest BCUT2D eigenvalue weighted by atomic mass is 19.4. The van der Waals surface area contributed by atoms with E-state index in [2.05, 4.69) is 0 Å². The van der Waals surface area contributed by atoms with Crippen LogP contribution in [0.25, 0.3) is 0 Å². The second-order valence-corrected chi connectivity index (χ2v) is 8.31. The molecular formula is C22H22F6N4O4. The van der Waals surface area contributed by atoms with Crippen molar-refractivity contribution in [3.63, 3.8) is 0 Å². The maximum Gasteiger partial charge on any atom is 0.416 e. The maximum absolute atomic E-state index is 12.5. The summed E-state index contributed by atoms with van der Waals surface area (Å²) in [6.45, 7) is 2.58. The molecule has 0 radical (unpaired) electrons. The van der Waals surface area contributed by atoms with Gasteiger partial charge in [0.1, 0.15) is 11.4 Å². The lowest BCUT2D eigenvalue weighted by atomic mass is 10.1. The van der Waals surface area contributed by atoms with Crippen LogP contribution < -0.4 is 9.80 Å². The van der Waals surface area contributed by atoms with Crippen LogP contribution in [0.3, 0.4) is 0 Å². The zero-order valence-corrected chi connectivity index (χ0v) is 18.8. The molecule has 2 aromatic carbocycles. The van der Waals surface area contributed by atoms with Gasteiger partial charge in [-0.05, 0) is 49.9 Å². The van der Waals surface area contributed by atoms with E-state index in [1.165, 1.54) is 12.1 Å². The molecule has 14 heteroatoms.